The van der Waals surface area contributed by atoms with Crippen molar-refractivity contribution in [1.29, 1.82) is 5.26 Å². The summed E-state index contributed by atoms with van der Waals surface area (Å²) in [5.41, 5.74) is 3.17. The molecule has 3 aromatic carbocycles. The highest BCUT2D eigenvalue weighted by Crippen LogP contribution is 2.39. The molecule has 1 aliphatic heterocycles. The van der Waals surface area contributed by atoms with E-state index in [-0.39, 0.29) is 17.0 Å². The van der Waals surface area contributed by atoms with Gasteiger partial charge in [-0.25, -0.2) is 19.2 Å². The van der Waals surface area contributed by atoms with E-state index in [0.29, 0.717) is 66.7 Å². The number of hydrogen-bond acceptors (Lipinski definition) is 7. The summed E-state index contributed by atoms with van der Waals surface area (Å²) in [5.74, 6) is 1.49. The van der Waals surface area contributed by atoms with Gasteiger partial charge in [-0.15, -0.1) is 0 Å². The fraction of sp³-hybridized carbons (Fsp3) is 0.257. The molecule has 234 valence electrons. The first-order valence-corrected chi connectivity index (χ1v) is 15.0. The van der Waals surface area contributed by atoms with Crippen LogP contribution in [0.15, 0.2) is 79.1 Å². The Morgan fingerprint density at radius 1 is 1.13 bits per heavy atom. The van der Waals surface area contributed by atoms with Gasteiger partial charge in [0.1, 0.15) is 34.4 Å². The molecule has 1 amide bonds. The molecular weight excluding hydrogens is 587 g/mol. The van der Waals surface area contributed by atoms with Crippen LogP contribution in [-0.2, 0) is 13.0 Å². The number of aromatic nitrogens is 3. The van der Waals surface area contributed by atoms with E-state index in [2.05, 4.69) is 10.3 Å². The van der Waals surface area contributed by atoms with E-state index >= 15 is 4.39 Å². The van der Waals surface area contributed by atoms with Crippen LogP contribution in [0.2, 0.25) is 0 Å². The molecule has 0 spiro atoms. The third-order valence-corrected chi connectivity index (χ3v) is 8.52. The smallest absolute Gasteiger partial charge is 0.407 e. The number of benzene rings is 3. The molecular formula is C35H33FN6O4. The number of imidazole rings is 1. The Kier molecular flexibility index (Phi) is 8.70. The lowest BCUT2D eigenvalue weighted by Crippen LogP contribution is -2.48. The Morgan fingerprint density at radius 2 is 1.96 bits per heavy atom. The van der Waals surface area contributed by atoms with Crippen LogP contribution in [0.5, 0.6) is 11.5 Å². The van der Waals surface area contributed by atoms with Crippen molar-refractivity contribution >= 4 is 17.4 Å². The van der Waals surface area contributed by atoms with Gasteiger partial charge in [-0.3, -0.25) is 4.40 Å². The van der Waals surface area contributed by atoms with E-state index in [1.54, 1.807) is 44.8 Å². The summed E-state index contributed by atoms with van der Waals surface area (Å²) in [7, 11) is 3.17. The number of nitriles is 1. The van der Waals surface area contributed by atoms with Crippen molar-refractivity contribution < 1.29 is 23.8 Å². The van der Waals surface area contributed by atoms with Crippen molar-refractivity contribution in [3.63, 3.8) is 0 Å². The van der Waals surface area contributed by atoms with Crippen LogP contribution in [0.25, 0.3) is 16.8 Å². The standard InChI is InChI=1S/C35H33FN6O4/c1-45-25-12-11-24(30(19-25)46-2)21-39-33-32-31(26-13-10-23(20-37)17-28(26)36)40-34(42(32)16-14-38-33)27-9-6-15-41(35(43)44)29(27)18-22-7-4-3-5-8-22/h3-5,7-8,10-14,16-17,19,27,29H,6,9,15,18,21H2,1-2H3,(H,38,39)(H,43,44)/t27-,29?/m1/s1. The number of nitrogens with zero attached hydrogens (tertiary/aromatic N) is 5. The highest BCUT2D eigenvalue weighted by molar-refractivity contribution is 5.87. The van der Waals surface area contributed by atoms with Gasteiger partial charge < -0.3 is 24.8 Å². The highest BCUT2D eigenvalue weighted by atomic mass is 19.1. The maximum Gasteiger partial charge on any atom is 0.407 e. The van der Waals surface area contributed by atoms with Crippen LogP contribution < -0.4 is 14.8 Å². The number of carbonyl (C=O) groups is 1. The SMILES string of the molecule is COc1ccc(CNc2nccn3c([C@@H]4CCCN(C(=O)O)C4Cc4ccccc4)nc(-c4ccc(C#N)cc4F)c23)c(OC)c1. The predicted octanol–water partition coefficient (Wildman–Crippen LogP) is 6.51. The Hall–Kier alpha value is -5.63. The van der Waals surface area contributed by atoms with Gasteiger partial charge in [0.05, 0.1) is 25.9 Å². The fourth-order valence-electron chi connectivity index (χ4n) is 6.30. The first-order valence-electron chi connectivity index (χ1n) is 15.0. The van der Waals surface area contributed by atoms with Crippen LogP contribution in [0.1, 0.15) is 41.3 Å². The zero-order valence-corrected chi connectivity index (χ0v) is 25.5. The third kappa shape index (κ3) is 5.89. The fourth-order valence-corrected chi connectivity index (χ4v) is 6.30. The quantitative estimate of drug-likeness (QED) is 0.191. The number of nitrogens with one attached hydrogen (secondary N) is 1. The average Bonchev–Trinajstić information content (AvgIpc) is 3.47. The van der Waals surface area contributed by atoms with E-state index in [1.165, 1.54) is 11.0 Å². The summed E-state index contributed by atoms with van der Waals surface area (Å²) in [6.45, 7) is 0.754. The molecule has 0 bridgehead atoms. The molecule has 0 radical (unpaired) electrons. The molecule has 0 saturated carbocycles. The maximum atomic E-state index is 15.6. The lowest BCUT2D eigenvalue weighted by molar-refractivity contribution is 0.0948. The second kappa shape index (κ2) is 13.2. The first kappa shape index (κ1) is 30.4. The molecule has 1 aliphatic rings. The van der Waals surface area contributed by atoms with Gasteiger partial charge in [0.15, 0.2) is 5.82 Å². The van der Waals surface area contributed by atoms with Crippen LogP contribution >= 0.6 is 0 Å². The molecule has 46 heavy (non-hydrogen) atoms. The van der Waals surface area contributed by atoms with E-state index in [4.69, 9.17) is 14.5 Å². The summed E-state index contributed by atoms with van der Waals surface area (Å²) in [6, 6.07) is 21.2. The van der Waals surface area contributed by atoms with Crippen LogP contribution in [0, 0.1) is 17.1 Å². The minimum Gasteiger partial charge on any atom is -0.497 e. The van der Waals surface area contributed by atoms with Crippen molar-refractivity contribution in [3.05, 3.63) is 107 Å². The van der Waals surface area contributed by atoms with Gasteiger partial charge >= 0.3 is 6.09 Å². The molecule has 1 saturated heterocycles. The molecule has 2 aromatic heterocycles. The van der Waals surface area contributed by atoms with Gasteiger partial charge in [0.25, 0.3) is 0 Å². The number of likely N-dealkylation sites (tertiary alicyclic amines) is 1. The topological polar surface area (TPSA) is 125 Å². The van der Waals surface area contributed by atoms with E-state index in [0.717, 1.165) is 11.1 Å². The molecule has 1 fully saturated rings. The average molecular weight is 621 g/mol. The van der Waals surface area contributed by atoms with Gasteiger partial charge in [0.2, 0.25) is 0 Å². The zero-order valence-electron chi connectivity index (χ0n) is 25.5. The van der Waals surface area contributed by atoms with Gasteiger partial charge in [-0.2, -0.15) is 5.26 Å². The van der Waals surface area contributed by atoms with E-state index < -0.39 is 18.0 Å². The number of halogens is 1. The van der Waals surface area contributed by atoms with Crippen LogP contribution in [0.4, 0.5) is 15.0 Å². The van der Waals surface area contributed by atoms with Crippen molar-refractivity contribution in [2.24, 2.45) is 0 Å². The number of ether oxygens (including phenoxy) is 2. The molecule has 10 nitrogen and oxygen atoms in total. The van der Waals surface area contributed by atoms with Crippen molar-refractivity contribution in [1.82, 2.24) is 19.3 Å². The Bertz CT molecular complexity index is 1920. The molecule has 6 rings (SSSR count). The Morgan fingerprint density at radius 3 is 2.67 bits per heavy atom. The summed E-state index contributed by atoms with van der Waals surface area (Å²) in [5, 5.41) is 23.0. The van der Waals surface area contributed by atoms with Gasteiger partial charge in [0, 0.05) is 54.6 Å². The second-order valence-corrected chi connectivity index (χ2v) is 11.1. The first-order chi connectivity index (χ1) is 22.4. The number of anilines is 1. The normalized spacial score (nSPS) is 16.2. The number of methoxy groups -OCH3 is 2. The summed E-state index contributed by atoms with van der Waals surface area (Å²) in [6.07, 6.45) is 4.30. The lowest BCUT2D eigenvalue weighted by Gasteiger charge is -2.39. The number of piperidine rings is 1. The Balaban J connectivity index is 1.49. The second-order valence-electron chi connectivity index (χ2n) is 11.1. The summed E-state index contributed by atoms with van der Waals surface area (Å²) < 4.78 is 28.4. The molecule has 2 N–H and O–H groups in total. The van der Waals surface area contributed by atoms with Gasteiger partial charge in [-0.1, -0.05) is 30.3 Å². The highest BCUT2D eigenvalue weighted by Gasteiger charge is 2.38. The molecule has 3 heterocycles. The van der Waals surface area contributed by atoms with Gasteiger partial charge in [-0.05, 0) is 55.2 Å². The summed E-state index contributed by atoms with van der Waals surface area (Å²) in [4.78, 5) is 23.7. The minimum absolute atomic E-state index is 0.195. The van der Waals surface area contributed by atoms with Crippen molar-refractivity contribution in [3.8, 4) is 28.8 Å². The third-order valence-electron chi connectivity index (χ3n) is 8.52. The molecule has 5 aromatic rings. The largest absolute Gasteiger partial charge is 0.497 e. The zero-order chi connectivity index (χ0) is 32.2. The number of rotatable bonds is 9. The number of fused-ring (bicyclic) bond motifs is 1. The molecule has 0 aliphatic carbocycles. The number of carboxylic acid groups (broad SMARTS) is 1. The number of amides is 1. The van der Waals surface area contributed by atoms with Crippen LogP contribution in [-0.4, -0.2) is 57.3 Å². The van der Waals surface area contributed by atoms with Crippen molar-refractivity contribution in [2.75, 3.05) is 26.1 Å². The summed E-state index contributed by atoms with van der Waals surface area (Å²) >= 11 is 0. The van der Waals surface area contributed by atoms with E-state index in [9.17, 15) is 15.2 Å². The van der Waals surface area contributed by atoms with Crippen molar-refractivity contribution in [2.45, 2.75) is 37.8 Å². The van der Waals surface area contributed by atoms with E-state index in [1.807, 2.05) is 52.9 Å². The predicted molar refractivity (Wildman–Crippen MR) is 171 cm³/mol. The Labute approximate surface area is 265 Å². The number of hydrogen-bond donors (Lipinski definition) is 2. The minimum atomic E-state index is -0.984. The monoisotopic (exact) mass is 620 g/mol. The molecule has 11 heteroatoms. The molecule has 2 atom stereocenters. The molecule has 1 unspecified atom stereocenters. The lowest BCUT2D eigenvalue weighted by atomic mass is 9.84. The van der Waals surface area contributed by atoms with Crippen LogP contribution in [0.3, 0.4) is 0 Å². The maximum absolute atomic E-state index is 15.6.